The van der Waals surface area contributed by atoms with Crippen molar-refractivity contribution in [3.8, 4) is 6.07 Å². The van der Waals surface area contributed by atoms with Gasteiger partial charge >= 0.3 is 0 Å². The van der Waals surface area contributed by atoms with Crippen LogP contribution in [0.4, 0.5) is 11.5 Å². The van der Waals surface area contributed by atoms with Crippen molar-refractivity contribution in [1.82, 2.24) is 10.2 Å². The summed E-state index contributed by atoms with van der Waals surface area (Å²) in [6.45, 7) is 4.84. The molecular formula is C17H24IN7. The number of rotatable bonds is 6. The van der Waals surface area contributed by atoms with Crippen molar-refractivity contribution in [3.05, 3.63) is 41.1 Å². The fourth-order valence-electron chi connectivity index (χ4n) is 2.32. The Kier molecular flexibility index (Phi) is 8.21. The molecule has 0 unspecified atom stereocenters. The molecule has 8 heteroatoms. The van der Waals surface area contributed by atoms with Crippen molar-refractivity contribution in [3.63, 3.8) is 0 Å². The number of hydrogen-bond acceptors (Lipinski definition) is 4. The number of halogens is 1. The van der Waals surface area contributed by atoms with Gasteiger partial charge in [0.2, 0.25) is 0 Å². The van der Waals surface area contributed by atoms with Gasteiger partial charge in [-0.25, -0.2) is 0 Å². The summed E-state index contributed by atoms with van der Waals surface area (Å²) < 4.78 is 0. The van der Waals surface area contributed by atoms with E-state index in [0.29, 0.717) is 30.4 Å². The summed E-state index contributed by atoms with van der Waals surface area (Å²) in [7, 11) is 0. The molecule has 7 nitrogen and oxygen atoms in total. The fourth-order valence-corrected chi connectivity index (χ4v) is 2.32. The first-order valence-electron chi connectivity index (χ1n) is 7.91. The average Bonchev–Trinajstić information content (AvgIpc) is 2.91. The zero-order chi connectivity index (χ0) is 17.5. The third-order valence-electron chi connectivity index (χ3n) is 3.67. The van der Waals surface area contributed by atoms with Gasteiger partial charge in [-0.05, 0) is 36.5 Å². The van der Waals surface area contributed by atoms with Gasteiger partial charge in [-0.1, -0.05) is 26.0 Å². The van der Waals surface area contributed by atoms with Crippen molar-refractivity contribution < 1.29 is 0 Å². The third kappa shape index (κ3) is 5.94. The van der Waals surface area contributed by atoms with Crippen LogP contribution in [0.3, 0.4) is 0 Å². The Morgan fingerprint density at radius 2 is 2.20 bits per heavy atom. The fraction of sp³-hybridized carbons (Fsp3) is 0.353. The maximum atomic E-state index is 9.01. The Hall–Kier alpha value is -2.28. The minimum absolute atomic E-state index is 0. The highest BCUT2D eigenvalue weighted by Gasteiger charge is 2.09. The number of aromatic nitrogens is 2. The van der Waals surface area contributed by atoms with E-state index in [2.05, 4.69) is 46.5 Å². The van der Waals surface area contributed by atoms with E-state index in [1.807, 2.05) is 18.2 Å². The van der Waals surface area contributed by atoms with E-state index >= 15 is 0 Å². The monoisotopic (exact) mass is 453 g/mol. The van der Waals surface area contributed by atoms with Crippen molar-refractivity contribution in [1.29, 1.82) is 5.26 Å². The lowest BCUT2D eigenvalue weighted by Crippen LogP contribution is -2.23. The van der Waals surface area contributed by atoms with Crippen LogP contribution >= 0.6 is 24.0 Å². The van der Waals surface area contributed by atoms with E-state index in [1.165, 1.54) is 5.56 Å². The lowest BCUT2D eigenvalue weighted by molar-refractivity contribution is 0.802. The summed E-state index contributed by atoms with van der Waals surface area (Å²) in [5.41, 5.74) is 14.8. The second-order valence-electron chi connectivity index (χ2n) is 5.85. The number of aromatic amines is 1. The molecule has 0 aliphatic rings. The first kappa shape index (κ1) is 20.8. The normalized spacial score (nSPS) is 11.0. The highest BCUT2D eigenvalue weighted by Crippen LogP contribution is 2.18. The molecule has 0 aliphatic heterocycles. The topological polar surface area (TPSA) is 129 Å². The molecule has 25 heavy (non-hydrogen) atoms. The lowest BCUT2D eigenvalue weighted by atomic mass is 10.0. The van der Waals surface area contributed by atoms with E-state index < -0.39 is 0 Å². The summed E-state index contributed by atoms with van der Waals surface area (Å²) in [6.07, 6.45) is 1.39. The zero-order valence-electron chi connectivity index (χ0n) is 14.4. The third-order valence-corrected chi connectivity index (χ3v) is 3.67. The molecule has 2 aromatic rings. The number of aliphatic imine (C=N–C) groups is 1. The predicted molar refractivity (Wildman–Crippen MR) is 112 cm³/mol. The molecule has 1 aromatic carbocycles. The molecule has 0 saturated heterocycles. The van der Waals surface area contributed by atoms with E-state index in [-0.39, 0.29) is 29.8 Å². The Morgan fingerprint density at radius 1 is 1.44 bits per heavy atom. The second kappa shape index (κ2) is 9.88. The number of hydrogen-bond donors (Lipinski definition) is 4. The number of nitriles is 1. The molecule has 134 valence electrons. The summed E-state index contributed by atoms with van der Waals surface area (Å²) in [5.74, 6) is 1.07. The molecule has 0 bridgehead atoms. The number of anilines is 2. The lowest BCUT2D eigenvalue weighted by Gasteiger charge is -2.10. The molecule has 0 amide bonds. The molecule has 6 N–H and O–H groups in total. The van der Waals surface area contributed by atoms with Crippen LogP contribution < -0.4 is 16.8 Å². The van der Waals surface area contributed by atoms with Crippen LogP contribution in [0.5, 0.6) is 0 Å². The molecule has 0 saturated carbocycles. The first-order chi connectivity index (χ1) is 11.5. The molecule has 0 fully saturated rings. The molecule has 0 atom stereocenters. The van der Waals surface area contributed by atoms with Gasteiger partial charge in [-0.2, -0.15) is 10.4 Å². The number of aryl methyl sites for hydroxylation is 1. The zero-order valence-corrected chi connectivity index (χ0v) is 16.7. The van der Waals surface area contributed by atoms with Crippen molar-refractivity contribution >= 4 is 41.4 Å². The van der Waals surface area contributed by atoms with Crippen LogP contribution in [0.15, 0.2) is 29.3 Å². The quantitative estimate of drug-likeness (QED) is 0.231. The Labute approximate surface area is 164 Å². The number of guanidine groups is 1. The van der Waals surface area contributed by atoms with Gasteiger partial charge in [0.1, 0.15) is 11.6 Å². The smallest absolute Gasteiger partial charge is 0.193 e. The van der Waals surface area contributed by atoms with E-state index in [1.54, 1.807) is 0 Å². The van der Waals surface area contributed by atoms with Gasteiger partial charge in [-0.3, -0.25) is 10.1 Å². The standard InChI is InChI=1S/C17H23N7.HI/c1-11(2)12-5-3-6-13(9-12)22-17(20)21-8-4-7-15-14(10-18)16(19)24-23-15;/h3,5-6,9,11H,4,7-8H2,1-2H3,(H3,19,23,24)(H3,20,21,22);1H. The highest BCUT2D eigenvalue weighted by molar-refractivity contribution is 14.0. The van der Waals surface area contributed by atoms with Gasteiger partial charge < -0.3 is 16.8 Å². The maximum absolute atomic E-state index is 9.01. The van der Waals surface area contributed by atoms with Crippen molar-refractivity contribution in [2.75, 3.05) is 17.6 Å². The summed E-state index contributed by atoms with van der Waals surface area (Å²) >= 11 is 0. The van der Waals surface area contributed by atoms with E-state index in [9.17, 15) is 0 Å². The molecule has 0 radical (unpaired) electrons. The maximum Gasteiger partial charge on any atom is 0.193 e. The summed E-state index contributed by atoms with van der Waals surface area (Å²) in [5, 5.41) is 18.7. The van der Waals surface area contributed by atoms with Gasteiger partial charge in [0, 0.05) is 12.2 Å². The number of nitrogen functional groups attached to an aromatic ring is 1. The predicted octanol–water partition coefficient (Wildman–Crippen LogP) is 2.96. The molecule has 0 spiro atoms. The Bertz CT molecular complexity index is 759. The summed E-state index contributed by atoms with van der Waals surface area (Å²) in [6, 6.07) is 10.2. The molecule has 1 heterocycles. The van der Waals surface area contributed by atoms with Crippen LogP contribution in [0, 0.1) is 11.3 Å². The Balaban J connectivity index is 0.00000312. The van der Waals surface area contributed by atoms with Crippen molar-refractivity contribution in [2.24, 2.45) is 10.7 Å². The number of nitrogens with one attached hydrogen (secondary N) is 2. The molecular weight excluding hydrogens is 429 g/mol. The van der Waals surface area contributed by atoms with Gasteiger partial charge in [-0.15, -0.1) is 24.0 Å². The SMILES string of the molecule is CC(C)c1cccc(NC(N)=NCCCc2[nH]nc(N)c2C#N)c1.I. The highest BCUT2D eigenvalue weighted by atomic mass is 127. The summed E-state index contributed by atoms with van der Waals surface area (Å²) in [4.78, 5) is 4.31. The van der Waals surface area contributed by atoms with Crippen LogP contribution in [0.25, 0.3) is 0 Å². The molecule has 0 aliphatic carbocycles. The van der Waals surface area contributed by atoms with Gasteiger partial charge in [0.05, 0.1) is 5.69 Å². The minimum Gasteiger partial charge on any atom is -0.381 e. The first-order valence-corrected chi connectivity index (χ1v) is 7.91. The minimum atomic E-state index is 0. The number of H-pyrrole nitrogens is 1. The number of benzene rings is 1. The molecule has 1 aromatic heterocycles. The largest absolute Gasteiger partial charge is 0.381 e. The second-order valence-corrected chi connectivity index (χ2v) is 5.85. The van der Waals surface area contributed by atoms with Crippen LogP contribution in [0.1, 0.15) is 43.0 Å². The van der Waals surface area contributed by atoms with Crippen LogP contribution in [0.2, 0.25) is 0 Å². The van der Waals surface area contributed by atoms with Crippen LogP contribution in [-0.4, -0.2) is 22.7 Å². The van der Waals surface area contributed by atoms with E-state index in [0.717, 1.165) is 17.8 Å². The number of nitrogens with zero attached hydrogens (tertiary/aromatic N) is 3. The number of nitrogens with two attached hydrogens (primary N) is 2. The van der Waals surface area contributed by atoms with Crippen LogP contribution in [-0.2, 0) is 6.42 Å². The van der Waals surface area contributed by atoms with E-state index in [4.69, 9.17) is 16.7 Å². The van der Waals surface area contributed by atoms with Crippen molar-refractivity contribution in [2.45, 2.75) is 32.6 Å². The Morgan fingerprint density at radius 3 is 2.88 bits per heavy atom. The van der Waals surface area contributed by atoms with Gasteiger partial charge in [0.15, 0.2) is 11.8 Å². The molecule has 2 rings (SSSR count). The average molecular weight is 453 g/mol. The van der Waals surface area contributed by atoms with Gasteiger partial charge in [0.25, 0.3) is 0 Å².